The number of benzene rings is 1. The first-order chi connectivity index (χ1) is 10.1. The Morgan fingerprint density at radius 1 is 1.48 bits per heavy atom. The van der Waals surface area contributed by atoms with Gasteiger partial charge < -0.3 is 25.2 Å². The van der Waals surface area contributed by atoms with Crippen LogP contribution >= 0.6 is 0 Å². The lowest BCUT2D eigenvalue weighted by molar-refractivity contribution is -0.118. The summed E-state index contributed by atoms with van der Waals surface area (Å²) >= 11 is 0. The van der Waals surface area contributed by atoms with Crippen LogP contribution in [0.25, 0.3) is 0 Å². The lowest BCUT2D eigenvalue weighted by Gasteiger charge is -2.21. The molecule has 1 aromatic rings. The molecule has 0 spiro atoms. The fourth-order valence-electron chi connectivity index (χ4n) is 2.31. The molecule has 0 saturated carbocycles. The fraction of sp³-hybridized carbons (Fsp3) is 0.429. The van der Waals surface area contributed by atoms with E-state index in [0.29, 0.717) is 30.0 Å². The number of fused-ring (bicyclic) bond motifs is 1. The molecular formula is C14H16N2O5. The van der Waals surface area contributed by atoms with E-state index >= 15 is 0 Å². The minimum atomic E-state index is -0.999. The molecule has 2 amide bonds. The summed E-state index contributed by atoms with van der Waals surface area (Å²) in [6, 6.07) is 4.80. The van der Waals surface area contributed by atoms with Crippen molar-refractivity contribution in [2.75, 3.05) is 31.7 Å². The van der Waals surface area contributed by atoms with Gasteiger partial charge in [0.15, 0.2) is 6.61 Å². The zero-order valence-electron chi connectivity index (χ0n) is 11.3. The average Bonchev–Trinajstić information content (AvgIpc) is 2.91. The van der Waals surface area contributed by atoms with Crippen molar-refractivity contribution in [3.8, 4) is 5.75 Å². The van der Waals surface area contributed by atoms with Crippen molar-refractivity contribution in [1.29, 1.82) is 0 Å². The van der Waals surface area contributed by atoms with E-state index < -0.39 is 5.60 Å². The maximum atomic E-state index is 12.1. The number of hydrogen-bond acceptors (Lipinski definition) is 5. The van der Waals surface area contributed by atoms with Gasteiger partial charge >= 0.3 is 0 Å². The lowest BCUT2D eigenvalue weighted by atomic mass is 10.0. The number of carbonyl (C=O) groups excluding carboxylic acids is 2. The van der Waals surface area contributed by atoms with Gasteiger partial charge in [0.05, 0.1) is 12.3 Å². The summed E-state index contributed by atoms with van der Waals surface area (Å²) in [6.07, 6.45) is 0.501. The van der Waals surface area contributed by atoms with Crippen LogP contribution in [0.1, 0.15) is 16.8 Å². The molecule has 112 valence electrons. The van der Waals surface area contributed by atoms with E-state index in [-0.39, 0.29) is 31.6 Å². The smallest absolute Gasteiger partial charge is 0.262 e. The molecular weight excluding hydrogens is 276 g/mol. The molecule has 7 nitrogen and oxygen atoms in total. The van der Waals surface area contributed by atoms with Crippen molar-refractivity contribution >= 4 is 17.5 Å². The molecule has 1 unspecified atom stereocenters. The number of anilines is 1. The molecule has 21 heavy (non-hydrogen) atoms. The maximum Gasteiger partial charge on any atom is 0.262 e. The molecule has 1 aromatic carbocycles. The van der Waals surface area contributed by atoms with Crippen LogP contribution in [-0.2, 0) is 9.53 Å². The molecule has 7 heteroatoms. The SMILES string of the molecule is O=C1COc2ccc(C(=O)NCC3(O)CCOC3)cc2N1. The van der Waals surface area contributed by atoms with Crippen LogP contribution in [0, 0.1) is 0 Å². The third-order valence-corrected chi connectivity index (χ3v) is 3.54. The summed E-state index contributed by atoms with van der Waals surface area (Å²) in [5.41, 5.74) is -0.134. The van der Waals surface area contributed by atoms with Crippen LogP contribution < -0.4 is 15.4 Å². The maximum absolute atomic E-state index is 12.1. The second-order valence-corrected chi connectivity index (χ2v) is 5.26. The highest BCUT2D eigenvalue weighted by Gasteiger charge is 2.32. The predicted octanol–water partition coefficient (Wildman–Crippen LogP) is -0.101. The number of rotatable bonds is 3. The third-order valence-electron chi connectivity index (χ3n) is 3.54. The molecule has 1 saturated heterocycles. The van der Waals surface area contributed by atoms with Crippen LogP contribution in [-0.4, -0.2) is 48.9 Å². The van der Waals surface area contributed by atoms with Gasteiger partial charge in [-0.2, -0.15) is 0 Å². The van der Waals surface area contributed by atoms with Crippen molar-refractivity contribution in [2.24, 2.45) is 0 Å². The molecule has 1 fully saturated rings. The zero-order chi connectivity index (χ0) is 14.9. The van der Waals surface area contributed by atoms with Gasteiger partial charge in [-0.3, -0.25) is 9.59 Å². The summed E-state index contributed by atoms with van der Waals surface area (Å²) in [5.74, 6) is -0.0376. The normalized spacial score (nSPS) is 24.0. The van der Waals surface area contributed by atoms with E-state index in [2.05, 4.69) is 10.6 Å². The Labute approximate surface area is 121 Å². The zero-order valence-corrected chi connectivity index (χ0v) is 11.3. The van der Waals surface area contributed by atoms with Crippen LogP contribution in [0.4, 0.5) is 5.69 Å². The molecule has 0 aromatic heterocycles. The Bertz CT molecular complexity index is 581. The van der Waals surface area contributed by atoms with Crippen molar-refractivity contribution in [1.82, 2.24) is 5.32 Å². The second kappa shape index (κ2) is 5.34. The molecule has 0 aliphatic carbocycles. The topological polar surface area (TPSA) is 96.9 Å². The summed E-state index contributed by atoms with van der Waals surface area (Å²) in [7, 11) is 0. The first kappa shape index (κ1) is 13.8. The van der Waals surface area contributed by atoms with Gasteiger partial charge in [-0.15, -0.1) is 0 Å². The number of aliphatic hydroxyl groups is 1. The van der Waals surface area contributed by atoms with Crippen molar-refractivity contribution in [3.63, 3.8) is 0 Å². The highest BCUT2D eigenvalue weighted by atomic mass is 16.5. The Hall–Kier alpha value is -2.12. The van der Waals surface area contributed by atoms with Gasteiger partial charge in [-0.05, 0) is 18.2 Å². The highest BCUT2D eigenvalue weighted by Crippen LogP contribution is 2.28. The van der Waals surface area contributed by atoms with Crippen LogP contribution in [0.5, 0.6) is 5.75 Å². The van der Waals surface area contributed by atoms with E-state index in [4.69, 9.17) is 9.47 Å². The molecule has 0 radical (unpaired) electrons. The quantitative estimate of drug-likeness (QED) is 0.723. The predicted molar refractivity (Wildman–Crippen MR) is 73.3 cm³/mol. The summed E-state index contributed by atoms with van der Waals surface area (Å²) in [5, 5.41) is 15.4. The minimum absolute atomic E-state index is 0.0222. The van der Waals surface area contributed by atoms with E-state index in [1.165, 1.54) is 0 Å². The van der Waals surface area contributed by atoms with E-state index in [9.17, 15) is 14.7 Å². The Balaban J connectivity index is 1.67. The molecule has 3 rings (SSSR count). The van der Waals surface area contributed by atoms with Crippen LogP contribution in [0.2, 0.25) is 0 Å². The third kappa shape index (κ3) is 2.98. The van der Waals surface area contributed by atoms with Crippen LogP contribution in [0.3, 0.4) is 0 Å². The van der Waals surface area contributed by atoms with E-state index in [1.807, 2.05) is 0 Å². The molecule has 3 N–H and O–H groups in total. The minimum Gasteiger partial charge on any atom is -0.482 e. The van der Waals surface area contributed by atoms with Gasteiger partial charge in [-0.25, -0.2) is 0 Å². The number of carbonyl (C=O) groups is 2. The number of ether oxygens (including phenoxy) is 2. The molecule has 2 heterocycles. The summed E-state index contributed by atoms with van der Waals surface area (Å²) in [6.45, 7) is 0.827. The first-order valence-electron chi connectivity index (χ1n) is 6.71. The number of hydrogen-bond donors (Lipinski definition) is 3. The Morgan fingerprint density at radius 3 is 3.10 bits per heavy atom. The molecule has 2 aliphatic heterocycles. The summed E-state index contributed by atoms with van der Waals surface area (Å²) in [4.78, 5) is 23.4. The first-order valence-corrected chi connectivity index (χ1v) is 6.71. The van der Waals surface area contributed by atoms with Crippen molar-refractivity contribution in [2.45, 2.75) is 12.0 Å². The van der Waals surface area contributed by atoms with Crippen molar-refractivity contribution in [3.05, 3.63) is 23.8 Å². The van der Waals surface area contributed by atoms with E-state index in [1.54, 1.807) is 18.2 Å². The van der Waals surface area contributed by atoms with Gasteiger partial charge in [0, 0.05) is 25.1 Å². The number of nitrogens with one attached hydrogen (secondary N) is 2. The molecule has 2 aliphatic rings. The Morgan fingerprint density at radius 2 is 2.33 bits per heavy atom. The van der Waals surface area contributed by atoms with Gasteiger partial charge in [0.25, 0.3) is 11.8 Å². The fourth-order valence-corrected chi connectivity index (χ4v) is 2.31. The standard InChI is InChI=1S/C14H16N2O5/c17-12-6-21-11-2-1-9(5-10(11)16-12)13(18)15-7-14(19)3-4-20-8-14/h1-2,5,19H,3-4,6-8H2,(H,15,18)(H,16,17). The van der Waals surface area contributed by atoms with E-state index in [0.717, 1.165) is 0 Å². The highest BCUT2D eigenvalue weighted by molar-refractivity contribution is 5.99. The average molecular weight is 292 g/mol. The molecule has 0 bridgehead atoms. The monoisotopic (exact) mass is 292 g/mol. The van der Waals surface area contributed by atoms with Crippen LogP contribution in [0.15, 0.2) is 18.2 Å². The molecule has 1 atom stereocenters. The lowest BCUT2D eigenvalue weighted by Crippen LogP contribution is -2.43. The van der Waals surface area contributed by atoms with Crippen molar-refractivity contribution < 1.29 is 24.2 Å². The van der Waals surface area contributed by atoms with Gasteiger partial charge in [0.2, 0.25) is 0 Å². The largest absolute Gasteiger partial charge is 0.482 e. The Kier molecular flexibility index (Phi) is 3.52. The second-order valence-electron chi connectivity index (χ2n) is 5.26. The van der Waals surface area contributed by atoms with Gasteiger partial charge in [0.1, 0.15) is 11.4 Å². The summed E-state index contributed by atoms with van der Waals surface area (Å²) < 4.78 is 10.3. The number of amides is 2. The van der Waals surface area contributed by atoms with Gasteiger partial charge in [-0.1, -0.05) is 0 Å².